The fourth-order valence-electron chi connectivity index (χ4n) is 5.25. The molecule has 10 heteroatoms. The predicted octanol–water partition coefficient (Wildman–Crippen LogP) is 5.46. The topological polar surface area (TPSA) is 96.0 Å². The maximum absolute atomic E-state index is 13.7. The van der Waals surface area contributed by atoms with E-state index in [1.807, 2.05) is 38.1 Å². The second-order valence-corrected chi connectivity index (χ2v) is 12.8. The number of anilines is 1. The quantitative estimate of drug-likeness (QED) is 0.334. The minimum Gasteiger partial charge on any atom is -0.495 e. The molecule has 1 atom stereocenters. The predicted molar refractivity (Wildman–Crippen MR) is 160 cm³/mol. The van der Waals surface area contributed by atoms with Gasteiger partial charge < -0.3 is 15.0 Å². The highest BCUT2D eigenvalue weighted by Gasteiger charge is 2.30. The maximum Gasteiger partial charge on any atom is 0.243 e. The Bertz CT molecular complexity index is 1260. The first-order chi connectivity index (χ1) is 19.0. The monoisotopic (exact) mass is 591 g/mol. The second-order valence-electron chi connectivity index (χ2n) is 10.5. The molecular weight excluding hydrogens is 550 g/mol. The van der Waals surface area contributed by atoms with E-state index in [0.717, 1.165) is 43.1 Å². The number of rotatable bonds is 13. The molecule has 2 amide bonds. The van der Waals surface area contributed by atoms with Crippen molar-refractivity contribution < 1.29 is 22.7 Å². The first-order valence-electron chi connectivity index (χ1n) is 14.0. The van der Waals surface area contributed by atoms with Gasteiger partial charge in [-0.25, -0.2) is 8.42 Å². The van der Waals surface area contributed by atoms with Crippen molar-refractivity contribution in [3.63, 3.8) is 0 Å². The first kappa shape index (κ1) is 31.7. The molecule has 2 aromatic carbocycles. The van der Waals surface area contributed by atoms with Gasteiger partial charge in [-0.2, -0.15) is 0 Å². The molecule has 0 aliphatic heterocycles. The Kier molecular flexibility index (Phi) is 11.7. The van der Waals surface area contributed by atoms with Gasteiger partial charge in [-0.15, -0.1) is 0 Å². The van der Waals surface area contributed by atoms with E-state index in [-0.39, 0.29) is 37.2 Å². The van der Waals surface area contributed by atoms with Crippen LogP contribution in [0, 0.1) is 6.92 Å². The van der Waals surface area contributed by atoms with E-state index in [4.69, 9.17) is 16.3 Å². The zero-order valence-electron chi connectivity index (χ0n) is 24.0. The fraction of sp³-hybridized carbons (Fsp3) is 0.533. The number of methoxy groups -OCH3 is 1. The normalized spacial score (nSPS) is 14.8. The number of nitrogens with zero attached hydrogens (tertiary/aromatic N) is 2. The Morgan fingerprint density at radius 2 is 1.82 bits per heavy atom. The van der Waals surface area contributed by atoms with Crippen LogP contribution in [-0.2, 0) is 26.2 Å². The number of sulfonamides is 1. The molecule has 2 aromatic rings. The van der Waals surface area contributed by atoms with Crippen molar-refractivity contribution in [3.05, 3.63) is 58.6 Å². The summed E-state index contributed by atoms with van der Waals surface area (Å²) >= 11 is 6.24. The molecule has 1 fully saturated rings. The highest BCUT2D eigenvalue weighted by Crippen LogP contribution is 2.30. The Morgan fingerprint density at radius 1 is 1.12 bits per heavy atom. The molecule has 1 aliphatic rings. The van der Waals surface area contributed by atoms with Crippen molar-refractivity contribution in [1.29, 1.82) is 0 Å². The van der Waals surface area contributed by atoms with Gasteiger partial charge in [-0.3, -0.25) is 13.9 Å². The molecular formula is C30H42ClN3O5S. The lowest BCUT2D eigenvalue weighted by Gasteiger charge is -2.33. The van der Waals surface area contributed by atoms with E-state index in [2.05, 4.69) is 5.32 Å². The van der Waals surface area contributed by atoms with Crippen LogP contribution in [0.3, 0.4) is 0 Å². The first-order valence-corrected chi connectivity index (χ1v) is 16.2. The summed E-state index contributed by atoms with van der Waals surface area (Å²) < 4.78 is 31.7. The van der Waals surface area contributed by atoms with Crippen LogP contribution in [0.15, 0.2) is 42.5 Å². The minimum atomic E-state index is -3.63. The number of aryl methyl sites for hydroxylation is 1. The van der Waals surface area contributed by atoms with Crippen LogP contribution in [-0.4, -0.2) is 57.1 Å². The molecule has 220 valence electrons. The summed E-state index contributed by atoms with van der Waals surface area (Å²) in [6.07, 6.45) is 7.29. The van der Waals surface area contributed by atoms with E-state index in [0.29, 0.717) is 29.4 Å². The van der Waals surface area contributed by atoms with Crippen LogP contribution in [0.4, 0.5) is 5.69 Å². The molecule has 0 heterocycles. The lowest BCUT2D eigenvalue weighted by molar-refractivity contribution is -0.141. The third-order valence-electron chi connectivity index (χ3n) is 7.51. The van der Waals surface area contributed by atoms with Gasteiger partial charge in [0.15, 0.2) is 0 Å². The zero-order chi connectivity index (χ0) is 29.3. The Morgan fingerprint density at radius 3 is 2.42 bits per heavy atom. The molecule has 8 nitrogen and oxygen atoms in total. The van der Waals surface area contributed by atoms with Crippen molar-refractivity contribution in [3.8, 4) is 5.75 Å². The molecule has 0 saturated heterocycles. The number of nitrogens with one attached hydrogen (secondary N) is 1. The summed E-state index contributed by atoms with van der Waals surface area (Å²) in [7, 11) is -2.14. The summed E-state index contributed by atoms with van der Waals surface area (Å²) in [5.41, 5.74) is 2.42. The molecule has 3 rings (SSSR count). The lowest BCUT2D eigenvalue weighted by atomic mass is 9.95. The maximum atomic E-state index is 13.7. The van der Waals surface area contributed by atoms with Crippen molar-refractivity contribution >= 4 is 39.1 Å². The number of carbonyl (C=O) groups excluding carboxylic acids is 2. The van der Waals surface area contributed by atoms with E-state index in [1.165, 1.54) is 23.9 Å². The summed E-state index contributed by atoms with van der Waals surface area (Å²) in [6, 6.07) is 12.1. The average Bonchev–Trinajstić information content (AvgIpc) is 2.91. The summed E-state index contributed by atoms with van der Waals surface area (Å²) in [6.45, 7) is 4.32. The molecule has 0 radical (unpaired) electrons. The third kappa shape index (κ3) is 8.61. The number of amides is 2. The average molecular weight is 592 g/mol. The van der Waals surface area contributed by atoms with Gasteiger partial charge in [-0.1, -0.05) is 62.1 Å². The zero-order valence-corrected chi connectivity index (χ0v) is 25.6. The standard InChI is InChI=1S/C30H42ClN3O5S/c1-5-27(30(36)32-24-14-7-6-8-15-24)33(21-23-13-10-9-12-22(23)2)29(35)16-11-19-34(40(4,37)38)25-17-18-28(39-3)26(31)20-25/h9-10,12-13,17-18,20,24,27H,5-8,11,14-16,19,21H2,1-4H3,(H,32,36). The SMILES string of the molecule is CCC(C(=O)NC1CCCCC1)N(Cc1ccccc1C)C(=O)CCCN(c1ccc(OC)c(Cl)c1)S(C)(=O)=O. The largest absolute Gasteiger partial charge is 0.495 e. The molecule has 1 saturated carbocycles. The van der Waals surface area contributed by atoms with Crippen molar-refractivity contribution in [2.75, 3.05) is 24.2 Å². The molecule has 1 aliphatic carbocycles. The molecule has 1 N–H and O–H groups in total. The number of hydrogen-bond donors (Lipinski definition) is 1. The van der Waals surface area contributed by atoms with Gasteiger partial charge in [0, 0.05) is 25.6 Å². The minimum absolute atomic E-state index is 0.0923. The van der Waals surface area contributed by atoms with Crippen LogP contribution < -0.4 is 14.4 Å². The fourth-order valence-corrected chi connectivity index (χ4v) is 6.46. The Labute approximate surface area is 244 Å². The van der Waals surface area contributed by atoms with Crippen LogP contribution >= 0.6 is 11.6 Å². The number of ether oxygens (including phenoxy) is 1. The molecule has 0 spiro atoms. The van der Waals surface area contributed by atoms with Crippen LogP contribution in [0.5, 0.6) is 5.75 Å². The molecule has 40 heavy (non-hydrogen) atoms. The van der Waals surface area contributed by atoms with Gasteiger partial charge in [0.25, 0.3) is 0 Å². The highest BCUT2D eigenvalue weighted by molar-refractivity contribution is 7.92. The summed E-state index contributed by atoms with van der Waals surface area (Å²) in [5.74, 6) is 0.134. The number of carbonyl (C=O) groups is 2. The molecule has 1 unspecified atom stereocenters. The summed E-state index contributed by atoms with van der Waals surface area (Å²) in [5, 5.41) is 3.49. The van der Waals surface area contributed by atoms with Crippen LogP contribution in [0.2, 0.25) is 5.02 Å². The van der Waals surface area contributed by atoms with Crippen LogP contribution in [0.25, 0.3) is 0 Å². The van der Waals surface area contributed by atoms with Gasteiger partial charge >= 0.3 is 0 Å². The number of benzene rings is 2. The van der Waals surface area contributed by atoms with E-state index < -0.39 is 16.1 Å². The van der Waals surface area contributed by atoms with Crippen LogP contribution in [0.1, 0.15) is 69.4 Å². The number of hydrogen-bond acceptors (Lipinski definition) is 5. The van der Waals surface area contributed by atoms with E-state index >= 15 is 0 Å². The Hall–Kier alpha value is -2.78. The second kappa shape index (κ2) is 14.7. The smallest absolute Gasteiger partial charge is 0.243 e. The molecule has 0 aromatic heterocycles. The van der Waals surface area contributed by atoms with Gasteiger partial charge in [0.05, 0.1) is 24.1 Å². The van der Waals surface area contributed by atoms with Gasteiger partial charge in [-0.05, 0) is 61.9 Å². The van der Waals surface area contributed by atoms with E-state index in [1.54, 1.807) is 17.0 Å². The van der Waals surface area contributed by atoms with Crippen molar-refractivity contribution in [2.45, 2.75) is 83.8 Å². The lowest BCUT2D eigenvalue weighted by Crippen LogP contribution is -2.51. The Balaban J connectivity index is 1.77. The highest BCUT2D eigenvalue weighted by atomic mass is 35.5. The van der Waals surface area contributed by atoms with Crippen molar-refractivity contribution in [2.24, 2.45) is 0 Å². The number of halogens is 1. The van der Waals surface area contributed by atoms with Gasteiger partial charge in [0.1, 0.15) is 11.8 Å². The van der Waals surface area contributed by atoms with Gasteiger partial charge in [0.2, 0.25) is 21.8 Å². The summed E-state index contributed by atoms with van der Waals surface area (Å²) in [4.78, 5) is 28.8. The third-order valence-corrected chi connectivity index (χ3v) is 9.00. The van der Waals surface area contributed by atoms with E-state index in [9.17, 15) is 18.0 Å². The van der Waals surface area contributed by atoms with Crippen molar-refractivity contribution in [1.82, 2.24) is 10.2 Å². The molecule has 0 bridgehead atoms.